The van der Waals surface area contributed by atoms with Gasteiger partial charge in [0.15, 0.2) is 23.1 Å². The number of H-pyrrole nitrogens is 2. The lowest BCUT2D eigenvalue weighted by atomic mass is 9.88. The van der Waals surface area contributed by atoms with Crippen LogP contribution in [0.4, 0.5) is 11.6 Å². The van der Waals surface area contributed by atoms with E-state index >= 15 is 0 Å². The summed E-state index contributed by atoms with van der Waals surface area (Å²) in [5, 5.41) is 27.8. The van der Waals surface area contributed by atoms with E-state index in [1.165, 1.54) is 6.42 Å². The van der Waals surface area contributed by atoms with E-state index in [0.29, 0.717) is 48.1 Å². The molecule has 6 aromatic rings. The van der Waals surface area contributed by atoms with E-state index in [9.17, 15) is 5.11 Å². The van der Waals surface area contributed by atoms with Crippen LogP contribution in [-0.4, -0.2) is 85.9 Å². The first kappa shape index (κ1) is 26.6. The predicted octanol–water partition coefficient (Wildman–Crippen LogP) is 5.14. The first-order chi connectivity index (χ1) is 22.1. The van der Waals surface area contributed by atoms with Gasteiger partial charge in [-0.25, -0.2) is 9.97 Å². The number of nitrogens with zero attached hydrogens (tertiary/aromatic N) is 6. The van der Waals surface area contributed by atoms with Crippen molar-refractivity contribution >= 4 is 33.4 Å². The maximum Gasteiger partial charge on any atom is 0.177 e. The van der Waals surface area contributed by atoms with Crippen molar-refractivity contribution in [1.82, 2.24) is 35.3 Å². The highest BCUT2D eigenvalue weighted by molar-refractivity contribution is 5.86. The van der Waals surface area contributed by atoms with Crippen LogP contribution < -0.4 is 9.64 Å². The second kappa shape index (κ2) is 10.7. The smallest absolute Gasteiger partial charge is 0.177 e. The minimum Gasteiger partial charge on any atom is -0.450 e. The maximum absolute atomic E-state index is 11.5. The van der Waals surface area contributed by atoms with Gasteiger partial charge in [0.1, 0.15) is 0 Å². The Bertz CT molecular complexity index is 1900. The molecule has 4 aromatic heterocycles. The molecule has 9 rings (SSSR count). The van der Waals surface area contributed by atoms with Crippen LogP contribution in [0.15, 0.2) is 73.3 Å². The summed E-state index contributed by atoms with van der Waals surface area (Å²) in [6, 6.07) is 16.3. The number of aromatic nitrogens is 6. The molecule has 3 aliphatic rings. The first-order valence-corrected chi connectivity index (χ1v) is 15.4. The van der Waals surface area contributed by atoms with Gasteiger partial charge in [-0.05, 0) is 65.8 Å². The van der Waals surface area contributed by atoms with Gasteiger partial charge in [-0.2, -0.15) is 10.2 Å². The number of aliphatic hydroxyl groups excluding tert-OH is 1. The van der Waals surface area contributed by atoms with Crippen molar-refractivity contribution in [3.63, 3.8) is 0 Å². The van der Waals surface area contributed by atoms with Crippen molar-refractivity contribution in [3.8, 4) is 33.8 Å². The molecule has 7 heterocycles. The van der Waals surface area contributed by atoms with Crippen LogP contribution in [0.5, 0.6) is 11.5 Å². The van der Waals surface area contributed by atoms with Gasteiger partial charge in [-0.3, -0.25) is 15.1 Å². The number of piperidine rings is 1. The molecule has 226 valence electrons. The summed E-state index contributed by atoms with van der Waals surface area (Å²) >= 11 is 0. The number of nitrogens with one attached hydrogen (secondary N) is 2. The fourth-order valence-corrected chi connectivity index (χ4v) is 7.17. The largest absolute Gasteiger partial charge is 0.450 e. The number of aliphatic hydroxyl groups is 1. The molecule has 0 saturated carbocycles. The van der Waals surface area contributed by atoms with Gasteiger partial charge < -0.3 is 19.5 Å². The minimum absolute atomic E-state index is 0.340. The zero-order chi connectivity index (χ0) is 29.9. The number of ether oxygens (including phenoxy) is 2. The van der Waals surface area contributed by atoms with E-state index in [1.54, 1.807) is 0 Å². The van der Waals surface area contributed by atoms with E-state index < -0.39 is 6.10 Å². The number of β-amino-alcohol motifs (C(OH)–C–C–N with tert-alkyl or cyclic N) is 1. The molecule has 3 aliphatic heterocycles. The highest BCUT2D eigenvalue weighted by Gasteiger charge is 2.34. The maximum atomic E-state index is 11.5. The molecule has 3 unspecified atom stereocenters. The Balaban J connectivity index is 1.06. The fraction of sp³-hybridized carbons (Fsp3) is 0.294. The topological polar surface area (TPSA) is 128 Å². The summed E-state index contributed by atoms with van der Waals surface area (Å²) in [6.07, 6.45) is 7.95. The van der Waals surface area contributed by atoms with E-state index in [4.69, 9.17) is 19.4 Å². The van der Waals surface area contributed by atoms with Crippen molar-refractivity contribution in [1.29, 1.82) is 0 Å². The van der Waals surface area contributed by atoms with Crippen LogP contribution in [0.2, 0.25) is 0 Å². The number of aromatic amines is 2. The molecule has 0 amide bonds. The Kier molecular flexibility index (Phi) is 6.29. The van der Waals surface area contributed by atoms with Crippen molar-refractivity contribution in [2.24, 2.45) is 11.8 Å². The number of hydrogen-bond donors (Lipinski definition) is 3. The number of fused-ring (bicyclic) bond motifs is 6. The lowest BCUT2D eigenvalue weighted by Gasteiger charge is -2.42. The lowest BCUT2D eigenvalue weighted by Crippen LogP contribution is -2.50. The van der Waals surface area contributed by atoms with Crippen LogP contribution in [-0.2, 0) is 4.74 Å². The quantitative estimate of drug-likeness (QED) is 0.238. The Morgan fingerprint density at radius 3 is 1.89 bits per heavy atom. The Labute approximate surface area is 258 Å². The average molecular weight is 601 g/mol. The van der Waals surface area contributed by atoms with Crippen molar-refractivity contribution < 1.29 is 14.6 Å². The predicted molar refractivity (Wildman–Crippen MR) is 171 cm³/mol. The molecular weight excluding hydrogens is 568 g/mol. The second-order valence-electron chi connectivity index (χ2n) is 12.5. The number of likely N-dealkylation sites (tertiary alicyclic amines) is 1. The molecule has 0 spiro atoms. The van der Waals surface area contributed by atoms with Gasteiger partial charge in [0.05, 0.1) is 49.3 Å². The van der Waals surface area contributed by atoms with Gasteiger partial charge in [0, 0.05) is 53.9 Å². The Morgan fingerprint density at radius 2 is 1.31 bits per heavy atom. The summed E-state index contributed by atoms with van der Waals surface area (Å²) in [7, 11) is 0. The average Bonchev–Trinajstić information content (AvgIpc) is 3.73. The van der Waals surface area contributed by atoms with E-state index in [1.807, 2.05) is 66.1 Å². The van der Waals surface area contributed by atoms with Gasteiger partial charge in [-0.15, -0.1) is 0 Å². The number of hydrogen-bond acceptors (Lipinski definition) is 9. The molecular formula is C34H32N8O3. The molecule has 45 heavy (non-hydrogen) atoms. The van der Waals surface area contributed by atoms with Gasteiger partial charge in [0.25, 0.3) is 0 Å². The SMILES string of the molecule is OC(CN1CC2COCC(C2)C1)CN1c2ncc(-c3ccc4[nH]ncc4c3)cc2Oc2cc(-c3ccc4[nH]ncc4c3)cnc21. The normalized spacial score (nSPS) is 20.2. The molecule has 2 bridgehead atoms. The van der Waals surface area contributed by atoms with E-state index in [-0.39, 0.29) is 0 Å². The minimum atomic E-state index is -0.613. The summed E-state index contributed by atoms with van der Waals surface area (Å²) in [5.41, 5.74) is 5.84. The first-order valence-electron chi connectivity index (χ1n) is 15.4. The number of anilines is 2. The molecule has 3 N–H and O–H groups in total. The third kappa shape index (κ3) is 4.89. The van der Waals surface area contributed by atoms with Gasteiger partial charge >= 0.3 is 0 Å². The Morgan fingerprint density at radius 1 is 0.733 bits per heavy atom. The fourth-order valence-electron chi connectivity index (χ4n) is 7.17. The standard InChI is InChI=1S/C34H32N8O3/c43-28(16-41-14-20-5-21(15-41)19-44-18-20)17-42-33-31(8-24(10-35-33)22-1-3-29-26(6-22)12-37-39-29)45-32-9-25(11-36-34(32)42)23-2-4-30-27(7-23)13-38-40-30/h1-4,6-13,20-21,28,43H,5,14-19H2,(H,37,39)(H,38,40). The Hall–Kier alpha value is -4.84. The van der Waals surface area contributed by atoms with Crippen LogP contribution in [0.3, 0.4) is 0 Å². The van der Waals surface area contributed by atoms with Crippen molar-refractivity contribution in [2.75, 3.05) is 44.3 Å². The van der Waals surface area contributed by atoms with Crippen LogP contribution in [0, 0.1) is 11.8 Å². The second-order valence-corrected chi connectivity index (χ2v) is 12.5. The molecule has 2 saturated heterocycles. The third-order valence-corrected chi connectivity index (χ3v) is 9.21. The zero-order valence-corrected chi connectivity index (χ0v) is 24.6. The summed E-state index contributed by atoms with van der Waals surface area (Å²) in [5.74, 6) is 3.59. The highest BCUT2D eigenvalue weighted by atomic mass is 16.5. The summed E-state index contributed by atoms with van der Waals surface area (Å²) < 4.78 is 12.3. The van der Waals surface area contributed by atoms with E-state index in [0.717, 1.165) is 70.4 Å². The third-order valence-electron chi connectivity index (χ3n) is 9.21. The van der Waals surface area contributed by atoms with Crippen LogP contribution >= 0.6 is 0 Å². The summed E-state index contributed by atoms with van der Waals surface area (Å²) in [4.78, 5) is 14.2. The molecule has 2 fully saturated rings. The van der Waals surface area contributed by atoms with Crippen molar-refractivity contribution in [3.05, 3.63) is 73.3 Å². The number of benzene rings is 2. The monoisotopic (exact) mass is 600 g/mol. The lowest BCUT2D eigenvalue weighted by molar-refractivity contribution is -0.0484. The highest BCUT2D eigenvalue weighted by Crippen LogP contribution is 2.47. The molecule has 3 atom stereocenters. The van der Waals surface area contributed by atoms with E-state index in [2.05, 4.69) is 37.4 Å². The molecule has 0 aliphatic carbocycles. The molecule has 11 heteroatoms. The van der Waals surface area contributed by atoms with Gasteiger partial charge in [0.2, 0.25) is 0 Å². The molecule has 0 radical (unpaired) electrons. The summed E-state index contributed by atoms with van der Waals surface area (Å²) in [6.45, 7) is 4.46. The van der Waals surface area contributed by atoms with Crippen LogP contribution in [0.1, 0.15) is 6.42 Å². The molecule has 2 aromatic carbocycles. The number of rotatable bonds is 6. The molecule has 11 nitrogen and oxygen atoms in total. The van der Waals surface area contributed by atoms with Crippen molar-refractivity contribution in [2.45, 2.75) is 12.5 Å². The number of pyridine rings is 2. The zero-order valence-electron chi connectivity index (χ0n) is 24.6. The van der Waals surface area contributed by atoms with Crippen LogP contribution in [0.25, 0.3) is 44.1 Å². The van der Waals surface area contributed by atoms with Gasteiger partial charge in [-0.1, -0.05) is 12.1 Å².